The molecule has 0 aliphatic carbocycles. The molecule has 3 aromatic rings. The van der Waals surface area contributed by atoms with Crippen LogP contribution in [0, 0.1) is 11.3 Å². The summed E-state index contributed by atoms with van der Waals surface area (Å²) >= 11 is 0. The van der Waals surface area contributed by atoms with Crippen LogP contribution in [0.25, 0.3) is 0 Å². The minimum Gasteiger partial charge on any atom is -0.466 e. The maximum atomic E-state index is 13.7. The lowest BCUT2D eigenvalue weighted by molar-refractivity contribution is -0.139. The van der Waals surface area contributed by atoms with Crippen LogP contribution >= 0.6 is 0 Å². The monoisotopic (exact) mass is 635 g/mol. The number of allylic oxidation sites excluding steroid dienone is 1. The Labute approximate surface area is 271 Å². The second-order valence-corrected chi connectivity index (χ2v) is 10.7. The van der Waals surface area contributed by atoms with Crippen LogP contribution in [-0.4, -0.2) is 76.2 Å². The Hall–Kier alpha value is -6.09. The molecule has 1 atom stereocenters. The lowest BCUT2D eigenvalue weighted by Crippen LogP contribution is -2.49. The second-order valence-electron chi connectivity index (χ2n) is 10.7. The molecule has 12 heteroatoms. The Kier molecular flexibility index (Phi) is 9.56. The summed E-state index contributed by atoms with van der Waals surface area (Å²) in [6.07, 6.45) is 0. The minimum absolute atomic E-state index is 0.0167. The highest BCUT2D eigenvalue weighted by Crippen LogP contribution is 2.45. The van der Waals surface area contributed by atoms with Gasteiger partial charge in [0.2, 0.25) is 0 Å². The van der Waals surface area contributed by atoms with Gasteiger partial charge in [0.15, 0.2) is 0 Å². The summed E-state index contributed by atoms with van der Waals surface area (Å²) < 4.78 is 15.3. The van der Waals surface area contributed by atoms with Crippen LogP contribution in [0.3, 0.4) is 0 Å². The number of amides is 1. The van der Waals surface area contributed by atoms with E-state index in [4.69, 9.17) is 19.9 Å². The molecule has 2 heterocycles. The first kappa shape index (κ1) is 32.3. The van der Waals surface area contributed by atoms with Crippen LogP contribution in [0.5, 0.6) is 0 Å². The van der Waals surface area contributed by atoms with Crippen molar-refractivity contribution < 1.29 is 33.4 Å². The van der Waals surface area contributed by atoms with Gasteiger partial charge in [0, 0.05) is 31.7 Å². The summed E-state index contributed by atoms with van der Waals surface area (Å²) in [7, 11) is 3.57. The van der Waals surface area contributed by atoms with E-state index >= 15 is 0 Å². The number of carbonyl (C=O) groups excluding carboxylic acids is 4. The molecule has 2 N–H and O–H groups in total. The summed E-state index contributed by atoms with van der Waals surface area (Å²) in [5.41, 5.74) is 8.28. The topological polar surface area (TPSA) is 156 Å². The number of nitriles is 1. The molecule has 0 aromatic heterocycles. The number of rotatable bonds is 7. The van der Waals surface area contributed by atoms with Gasteiger partial charge in [-0.1, -0.05) is 48.5 Å². The average Bonchev–Trinajstić information content (AvgIpc) is 3.13. The molecule has 2 aliphatic rings. The number of ether oxygens (including phenoxy) is 3. The van der Waals surface area contributed by atoms with Crippen molar-refractivity contribution in [2.45, 2.75) is 5.92 Å². The molecule has 1 unspecified atom stereocenters. The highest BCUT2D eigenvalue weighted by Gasteiger charge is 2.44. The van der Waals surface area contributed by atoms with Gasteiger partial charge in [0.1, 0.15) is 11.5 Å². The largest absolute Gasteiger partial charge is 0.466 e. The van der Waals surface area contributed by atoms with E-state index in [1.807, 2.05) is 23.1 Å². The van der Waals surface area contributed by atoms with Crippen molar-refractivity contribution in [2.24, 2.45) is 5.73 Å². The smallest absolute Gasteiger partial charge is 0.355 e. The molecular weight excluding hydrogens is 602 g/mol. The van der Waals surface area contributed by atoms with Crippen molar-refractivity contribution in [3.05, 3.63) is 118 Å². The van der Waals surface area contributed by atoms with Gasteiger partial charge in [-0.3, -0.25) is 9.69 Å². The summed E-state index contributed by atoms with van der Waals surface area (Å²) in [5, 5.41) is 10.5. The van der Waals surface area contributed by atoms with Crippen LogP contribution < -0.4 is 15.5 Å². The Balaban J connectivity index is 1.68. The van der Waals surface area contributed by atoms with Gasteiger partial charge in [-0.2, -0.15) is 5.26 Å². The predicted octanol–water partition coefficient (Wildman–Crippen LogP) is 3.33. The number of piperazine rings is 1. The first-order valence-electron chi connectivity index (χ1n) is 14.7. The molecule has 0 spiro atoms. The number of carbonyl (C=O) groups is 4. The lowest BCUT2D eigenvalue weighted by Gasteiger charge is -2.40. The maximum Gasteiger partial charge on any atom is 0.355 e. The lowest BCUT2D eigenvalue weighted by atomic mass is 9.81. The fourth-order valence-electron chi connectivity index (χ4n) is 5.89. The molecule has 12 nitrogen and oxygen atoms in total. The number of nitrogens with two attached hydrogens (primary N) is 1. The number of hydrogen-bond acceptors (Lipinski definition) is 11. The van der Waals surface area contributed by atoms with Crippen LogP contribution in [0.2, 0.25) is 0 Å². The molecule has 0 radical (unpaired) electrons. The molecular formula is C35H33N5O7. The summed E-state index contributed by atoms with van der Waals surface area (Å²) in [6, 6.07) is 24.5. The van der Waals surface area contributed by atoms with E-state index in [9.17, 15) is 24.4 Å². The quantitative estimate of drug-likeness (QED) is 0.300. The number of anilines is 2. The van der Waals surface area contributed by atoms with Gasteiger partial charge >= 0.3 is 17.9 Å². The Morgan fingerprint density at radius 2 is 1.34 bits per heavy atom. The van der Waals surface area contributed by atoms with Crippen LogP contribution in [0.1, 0.15) is 32.2 Å². The van der Waals surface area contributed by atoms with Crippen molar-refractivity contribution in [1.29, 1.82) is 5.26 Å². The number of esters is 3. The molecule has 0 saturated carbocycles. The summed E-state index contributed by atoms with van der Waals surface area (Å²) in [5.74, 6) is -3.74. The fraction of sp³-hybridized carbons (Fsp3) is 0.229. The molecule has 3 aromatic carbocycles. The van der Waals surface area contributed by atoms with Gasteiger partial charge in [0.25, 0.3) is 5.91 Å². The zero-order valence-corrected chi connectivity index (χ0v) is 26.1. The zero-order valence-electron chi connectivity index (χ0n) is 26.1. The highest BCUT2D eigenvalue weighted by molar-refractivity contribution is 6.07. The van der Waals surface area contributed by atoms with Crippen LogP contribution in [0.4, 0.5) is 11.4 Å². The number of hydrogen-bond donors (Lipinski definition) is 1. The summed E-state index contributed by atoms with van der Waals surface area (Å²) in [6.45, 7) is 1.53. The molecule has 5 rings (SSSR count). The van der Waals surface area contributed by atoms with Gasteiger partial charge in [-0.25, -0.2) is 14.4 Å². The van der Waals surface area contributed by atoms with E-state index in [0.29, 0.717) is 43.0 Å². The Morgan fingerprint density at radius 1 is 0.745 bits per heavy atom. The van der Waals surface area contributed by atoms with Gasteiger partial charge in [-0.15, -0.1) is 0 Å². The third-order valence-corrected chi connectivity index (χ3v) is 8.18. The van der Waals surface area contributed by atoms with E-state index in [1.165, 1.54) is 25.2 Å². The SMILES string of the molecule is COC(=O)C1=C(C(=O)OC)N(c2cc(C(=O)OC)ccc2N2CCN(C(=O)c3ccccc3)CC2)C(N)=C(C#N)C1c1ccccc1. The third-order valence-electron chi connectivity index (χ3n) is 8.18. The van der Waals surface area contributed by atoms with Crippen molar-refractivity contribution in [3.63, 3.8) is 0 Å². The van der Waals surface area contributed by atoms with E-state index in [-0.39, 0.29) is 39.8 Å². The maximum absolute atomic E-state index is 13.7. The van der Waals surface area contributed by atoms with E-state index in [1.54, 1.807) is 59.5 Å². The van der Waals surface area contributed by atoms with Crippen LogP contribution in [-0.2, 0) is 23.8 Å². The Morgan fingerprint density at radius 3 is 1.91 bits per heavy atom. The third kappa shape index (κ3) is 6.11. The minimum atomic E-state index is -1.06. The van der Waals surface area contributed by atoms with Crippen molar-refractivity contribution >= 4 is 35.2 Å². The predicted molar refractivity (Wildman–Crippen MR) is 172 cm³/mol. The van der Waals surface area contributed by atoms with Crippen molar-refractivity contribution in [3.8, 4) is 6.07 Å². The van der Waals surface area contributed by atoms with Gasteiger partial charge in [0.05, 0.1) is 61.4 Å². The first-order valence-corrected chi connectivity index (χ1v) is 14.7. The van der Waals surface area contributed by atoms with E-state index in [0.717, 1.165) is 7.11 Å². The molecule has 1 fully saturated rings. The van der Waals surface area contributed by atoms with Crippen molar-refractivity contribution in [1.82, 2.24) is 4.90 Å². The van der Waals surface area contributed by atoms with Gasteiger partial charge < -0.3 is 29.7 Å². The second kappa shape index (κ2) is 13.9. The summed E-state index contributed by atoms with van der Waals surface area (Å²) in [4.78, 5) is 58.1. The van der Waals surface area contributed by atoms with Gasteiger partial charge in [-0.05, 0) is 35.9 Å². The van der Waals surface area contributed by atoms with Crippen molar-refractivity contribution in [2.75, 3.05) is 57.3 Å². The molecule has 2 aliphatic heterocycles. The molecule has 0 bridgehead atoms. The van der Waals surface area contributed by atoms with E-state index < -0.39 is 23.8 Å². The standard InChI is InChI=1S/C35H33N5O7/c1-45-33(42)24-14-15-26(38-16-18-39(19-17-38)32(41)23-12-8-5-9-13-23)27(20-24)40-30(35(44)47-3)29(34(43)46-2)28(25(21-36)31(40)37)22-10-6-4-7-11-22/h4-15,20,28H,16-19,37H2,1-3H3. The number of nitrogens with zero attached hydrogens (tertiary/aromatic N) is 4. The van der Waals surface area contributed by atoms with Crippen LogP contribution in [0.15, 0.2) is 102 Å². The van der Waals surface area contributed by atoms with E-state index in [2.05, 4.69) is 6.07 Å². The molecule has 47 heavy (non-hydrogen) atoms. The fourth-order valence-corrected chi connectivity index (χ4v) is 5.89. The molecule has 1 amide bonds. The zero-order chi connectivity index (χ0) is 33.7. The number of benzene rings is 3. The normalized spacial score (nSPS) is 16.4. The average molecular weight is 636 g/mol. The Bertz CT molecular complexity index is 1810. The number of methoxy groups -OCH3 is 3. The first-order chi connectivity index (χ1) is 22.7. The highest BCUT2D eigenvalue weighted by atomic mass is 16.5. The molecule has 1 saturated heterocycles. The molecule has 240 valence electrons.